The van der Waals surface area contributed by atoms with Gasteiger partial charge < -0.3 is 5.73 Å². The highest BCUT2D eigenvalue weighted by atomic mass is 35.5. The summed E-state index contributed by atoms with van der Waals surface area (Å²) in [7, 11) is 0. The van der Waals surface area contributed by atoms with Gasteiger partial charge in [0.25, 0.3) is 0 Å². The predicted molar refractivity (Wildman–Crippen MR) is 70.2 cm³/mol. The minimum Gasteiger partial charge on any atom is -0.323 e. The average molecular weight is 254 g/mol. The van der Waals surface area contributed by atoms with Gasteiger partial charge in [-0.1, -0.05) is 23.6 Å². The van der Waals surface area contributed by atoms with Crippen LogP contribution in [0.3, 0.4) is 0 Å². The quantitative estimate of drug-likeness (QED) is 0.795. The molecule has 0 spiro atoms. The van der Waals surface area contributed by atoms with Crippen LogP contribution in [0, 0.1) is 23.1 Å². The Morgan fingerprint density at radius 3 is 2.59 bits per heavy atom. The van der Waals surface area contributed by atoms with E-state index in [1.165, 1.54) is 6.07 Å². The molecule has 0 radical (unpaired) electrons. The van der Waals surface area contributed by atoms with E-state index in [-0.39, 0.29) is 11.2 Å². The van der Waals surface area contributed by atoms with E-state index in [1.807, 2.05) is 20.8 Å². The van der Waals surface area contributed by atoms with E-state index in [9.17, 15) is 4.39 Å². The molecule has 0 aliphatic carbocycles. The van der Waals surface area contributed by atoms with Gasteiger partial charge in [-0.05, 0) is 32.9 Å². The summed E-state index contributed by atoms with van der Waals surface area (Å²) in [6, 6.07) is 4.11. The van der Waals surface area contributed by atoms with E-state index in [4.69, 9.17) is 17.3 Å². The molecule has 0 aliphatic heterocycles. The lowest BCUT2D eigenvalue weighted by Crippen LogP contribution is -2.11. The fourth-order valence-corrected chi connectivity index (χ4v) is 1.50. The van der Waals surface area contributed by atoms with Gasteiger partial charge in [0, 0.05) is 28.5 Å². The fourth-order valence-electron chi connectivity index (χ4n) is 1.34. The second-order valence-electron chi connectivity index (χ2n) is 5.03. The van der Waals surface area contributed by atoms with E-state index < -0.39 is 6.04 Å². The fraction of sp³-hybridized carbons (Fsp3) is 0.429. The van der Waals surface area contributed by atoms with Crippen LogP contribution in [0.15, 0.2) is 18.2 Å². The molecule has 1 aromatic rings. The Balaban J connectivity index is 2.76. The maximum absolute atomic E-state index is 13.5. The van der Waals surface area contributed by atoms with Crippen LogP contribution in [0.2, 0.25) is 5.02 Å². The van der Waals surface area contributed by atoms with Crippen molar-refractivity contribution >= 4 is 11.6 Å². The molecule has 2 N–H and O–H groups in total. The van der Waals surface area contributed by atoms with Crippen molar-refractivity contribution in [3.05, 3.63) is 34.6 Å². The number of halogens is 2. The van der Waals surface area contributed by atoms with Gasteiger partial charge in [-0.25, -0.2) is 4.39 Å². The summed E-state index contributed by atoms with van der Waals surface area (Å²) in [4.78, 5) is 0. The van der Waals surface area contributed by atoms with Crippen molar-refractivity contribution < 1.29 is 4.39 Å². The summed E-state index contributed by atoms with van der Waals surface area (Å²) in [6.45, 7) is 6.07. The van der Waals surface area contributed by atoms with Crippen molar-refractivity contribution in [1.82, 2.24) is 0 Å². The van der Waals surface area contributed by atoms with Crippen molar-refractivity contribution in [1.29, 1.82) is 0 Å². The van der Waals surface area contributed by atoms with Gasteiger partial charge in [0.05, 0.1) is 0 Å². The maximum atomic E-state index is 13.5. The molecule has 0 saturated carbocycles. The molecule has 3 heteroatoms. The van der Waals surface area contributed by atoms with E-state index in [1.54, 1.807) is 12.1 Å². The first-order chi connectivity index (χ1) is 7.79. The molecule has 0 amide bonds. The van der Waals surface area contributed by atoms with Gasteiger partial charge in [-0.15, -0.1) is 5.92 Å². The van der Waals surface area contributed by atoms with E-state index >= 15 is 0 Å². The molecule has 1 unspecified atom stereocenters. The predicted octanol–water partition coefficient (Wildman–Crippen LogP) is 3.92. The van der Waals surface area contributed by atoms with E-state index in [2.05, 4.69) is 11.8 Å². The minimum atomic E-state index is -0.415. The molecule has 1 rings (SSSR count). The molecular weight excluding hydrogens is 237 g/mol. The zero-order chi connectivity index (χ0) is 13.1. The zero-order valence-corrected chi connectivity index (χ0v) is 11.1. The Hall–Kier alpha value is -1.04. The first-order valence-electron chi connectivity index (χ1n) is 5.50. The van der Waals surface area contributed by atoms with Crippen molar-refractivity contribution in [2.24, 2.45) is 11.1 Å². The third-order valence-electron chi connectivity index (χ3n) is 2.15. The van der Waals surface area contributed by atoms with Crippen molar-refractivity contribution in [3.63, 3.8) is 0 Å². The lowest BCUT2D eigenvalue weighted by Gasteiger charge is -2.11. The van der Waals surface area contributed by atoms with Crippen LogP contribution in [0.25, 0.3) is 0 Å². The summed E-state index contributed by atoms with van der Waals surface area (Å²) in [5.74, 6) is 5.69. The molecule has 0 bridgehead atoms. The van der Waals surface area contributed by atoms with Crippen molar-refractivity contribution in [2.75, 3.05) is 0 Å². The highest BCUT2D eigenvalue weighted by molar-refractivity contribution is 6.30. The van der Waals surface area contributed by atoms with Crippen molar-refractivity contribution in [2.45, 2.75) is 33.2 Å². The lowest BCUT2D eigenvalue weighted by molar-refractivity contribution is 0.567. The Kier molecular flexibility index (Phi) is 4.56. The van der Waals surface area contributed by atoms with Gasteiger partial charge in [0.2, 0.25) is 0 Å². The third kappa shape index (κ3) is 4.77. The van der Waals surface area contributed by atoms with Gasteiger partial charge in [0.15, 0.2) is 0 Å². The Labute approximate surface area is 107 Å². The summed E-state index contributed by atoms with van der Waals surface area (Å²) in [6.07, 6.45) is 0.440. The summed E-state index contributed by atoms with van der Waals surface area (Å²) in [5, 5.41) is 0.374. The molecule has 1 atom stereocenters. The molecule has 0 heterocycles. The smallest absolute Gasteiger partial charge is 0.129 e. The second-order valence-corrected chi connectivity index (χ2v) is 5.46. The first kappa shape index (κ1) is 14.0. The van der Waals surface area contributed by atoms with Crippen LogP contribution in [0.4, 0.5) is 4.39 Å². The largest absolute Gasteiger partial charge is 0.323 e. The number of rotatable bonds is 2. The number of nitrogens with two attached hydrogens (primary N) is 1. The number of hydrogen-bond donors (Lipinski definition) is 1. The van der Waals surface area contributed by atoms with Crippen LogP contribution >= 0.6 is 11.6 Å². The SMILES string of the molecule is CC(C)(C)C#CCC(N)c1ccc(Cl)cc1F. The standard InChI is InChI=1S/C14H17ClFN/c1-14(2,3)8-4-5-13(17)11-7-6-10(15)9-12(11)16/h6-7,9,13H,5,17H2,1-3H3. The van der Waals surface area contributed by atoms with Gasteiger partial charge >= 0.3 is 0 Å². The molecule has 0 aromatic heterocycles. The highest BCUT2D eigenvalue weighted by Gasteiger charge is 2.11. The Bertz CT molecular complexity index is 452. The zero-order valence-electron chi connectivity index (χ0n) is 10.3. The van der Waals surface area contributed by atoms with Crippen LogP contribution in [-0.4, -0.2) is 0 Å². The Morgan fingerprint density at radius 1 is 1.41 bits per heavy atom. The summed E-state index contributed by atoms with van der Waals surface area (Å²) >= 11 is 5.68. The molecular formula is C14H17ClFN. The van der Waals surface area contributed by atoms with Gasteiger partial charge in [-0.3, -0.25) is 0 Å². The summed E-state index contributed by atoms with van der Waals surface area (Å²) < 4.78 is 13.5. The minimum absolute atomic E-state index is 0.0573. The van der Waals surface area contributed by atoms with Gasteiger partial charge in [-0.2, -0.15) is 0 Å². The van der Waals surface area contributed by atoms with Gasteiger partial charge in [0.1, 0.15) is 5.82 Å². The normalized spacial score (nSPS) is 12.8. The molecule has 0 fully saturated rings. The maximum Gasteiger partial charge on any atom is 0.129 e. The lowest BCUT2D eigenvalue weighted by atomic mass is 9.97. The number of hydrogen-bond acceptors (Lipinski definition) is 1. The highest BCUT2D eigenvalue weighted by Crippen LogP contribution is 2.21. The molecule has 0 saturated heterocycles. The Morgan fingerprint density at radius 2 is 2.06 bits per heavy atom. The monoisotopic (exact) mass is 253 g/mol. The third-order valence-corrected chi connectivity index (χ3v) is 2.38. The first-order valence-corrected chi connectivity index (χ1v) is 5.88. The molecule has 0 aliphatic rings. The molecule has 17 heavy (non-hydrogen) atoms. The van der Waals surface area contributed by atoms with Crippen LogP contribution in [0.5, 0.6) is 0 Å². The summed E-state index contributed by atoms with van der Waals surface area (Å²) in [5.41, 5.74) is 6.29. The van der Waals surface area contributed by atoms with Crippen LogP contribution < -0.4 is 5.73 Å². The van der Waals surface area contributed by atoms with Crippen LogP contribution in [-0.2, 0) is 0 Å². The van der Waals surface area contributed by atoms with Crippen molar-refractivity contribution in [3.8, 4) is 11.8 Å². The van der Waals surface area contributed by atoms with Crippen LogP contribution in [0.1, 0.15) is 38.8 Å². The topological polar surface area (TPSA) is 26.0 Å². The van der Waals surface area contributed by atoms with E-state index in [0.29, 0.717) is 17.0 Å². The molecule has 1 nitrogen and oxygen atoms in total. The number of benzene rings is 1. The second kappa shape index (κ2) is 5.53. The average Bonchev–Trinajstić information content (AvgIpc) is 2.15. The molecule has 1 aromatic carbocycles. The van der Waals surface area contributed by atoms with E-state index in [0.717, 1.165) is 0 Å². The molecule has 92 valence electrons.